The van der Waals surface area contributed by atoms with E-state index in [1.807, 2.05) is 6.07 Å². The number of para-hydroxylation sites is 1. The van der Waals surface area contributed by atoms with Crippen LogP contribution in [0.5, 0.6) is 0 Å². The highest BCUT2D eigenvalue weighted by molar-refractivity contribution is 6.15. The molecule has 8 rings (SSSR count). The molecular weight excluding hydrogens is 502 g/mol. The predicted molar refractivity (Wildman–Crippen MR) is 172 cm³/mol. The molecule has 3 heteroatoms. The second-order valence-electron chi connectivity index (χ2n) is 10.8. The first-order chi connectivity index (χ1) is 20.2. The van der Waals surface area contributed by atoms with Crippen LogP contribution in [0.25, 0.3) is 77.7 Å². The number of hydrogen-bond acceptors (Lipinski definition) is 2. The molecule has 0 unspecified atom stereocenters. The van der Waals surface area contributed by atoms with Crippen molar-refractivity contribution in [2.45, 2.75) is 27.2 Å². The van der Waals surface area contributed by atoms with Crippen LogP contribution in [0.4, 0.5) is 0 Å². The first-order valence-electron chi connectivity index (χ1n) is 14.3. The SMILES string of the molecule is C/C=C\c1c(CC)c2ccccc2n1-c1ccc2oc3cccc(-c4ccc5oc6cccc(C)c6c5c4)c3c2c1. The Balaban J connectivity index is 1.40. The van der Waals surface area contributed by atoms with Gasteiger partial charge in [0.15, 0.2) is 0 Å². The Kier molecular flexibility index (Phi) is 5.23. The minimum Gasteiger partial charge on any atom is -0.456 e. The zero-order chi connectivity index (χ0) is 27.7. The van der Waals surface area contributed by atoms with Crippen LogP contribution in [0.1, 0.15) is 30.7 Å². The third-order valence-electron chi connectivity index (χ3n) is 8.45. The third-order valence-corrected chi connectivity index (χ3v) is 8.45. The van der Waals surface area contributed by atoms with Gasteiger partial charge in [-0.25, -0.2) is 0 Å². The van der Waals surface area contributed by atoms with Crippen LogP contribution in [0.2, 0.25) is 0 Å². The predicted octanol–water partition coefficient (Wildman–Crippen LogP) is 11.0. The summed E-state index contributed by atoms with van der Waals surface area (Å²) in [6, 6.07) is 34.4. The second-order valence-corrected chi connectivity index (χ2v) is 10.8. The van der Waals surface area contributed by atoms with Gasteiger partial charge in [0.1, 0.15) is 22.3 Å². The lowest BCUT2D eigenvalue weighted by Crippen LogP contribution is -1.97. The van der Waals surface area contributed by atoms with Crippen LogP contribution in [0.15, 0.2) is 112 Å². The van der Waals surface area contributed by atoms with Gasteiger partial charge in [-0.2, -0.15) is 0 Å². The second kappa shape index (κ2) is 9.00. The summed E-state index contributed by atoms with van der Waals surface area (Å²) >= 11 is 0. The van der Waals surface area contributed by atoms with E-state index in [-0.39, 0.29) is 0 Å². The van der Waals surface area contributed by atoms with Crippen molar-refractivity contribution in [3.63, 3.8) is 0 Å². The van der Waals surface area contributed by atoms with Crippen LogP contribution in [-0.2, 0) is 6.42 Å². The van der Waals surface area contributed by atoms with Gasteiger partial charge in [-0.1, -0.05) is 61.5 Å². The number of benzene rings is 5. The van der Waals surface area contributed by atoms with E-state index in [9.17, 15) is 0 Å². The molecule has 8 aromatic rings. The summed E-state index contributed by atoms with van der Waals surface area (Å²) in [6.45, 7) is 6.47. The van der Waals surface area contributed by atoms with Crippen molar-refractivity contribution in [1.82, 2.24) is 4.57 Å². The number of furan rings is 2. The van der Waals surface area contributed by atoms with Crippen LogP contribution in [-0.4, -0.2) is 4.57 Å². The lowest BCUT2D eigenvalue weighted by Gasteiger charge is -2.10. The molecule has 0 amide bonds. The Bertz CT molecular complexity index is 2320. The van der Waals surface area contributed by atoms with Crippen molar-refractivity contribution < 1.29 is 8.83 Å². The summed E-state index contributed by atoms with van der Waals surface area (Å²) in [5.41, 5.74) is 12.1. The number of aromatic nitrogens is 1. The minimum atomic E-state index is 0.890. The smallest absolute Gasteiger partial charge is 0.136 e. The Labute approximate surface area is 237 Å². The number of fused-ring (bicyclic) bond motifs is 7. The average Bonchev–Trinajstić information content (AvgIpc) is 3.66. The van der Waals surface area contributed by atoms with Crippen LogP contribution < -0.4 is 0 Å². The molecule has 0 aliphatic heterocycles. The molecule has 3 aromatic heterocycles. The molecular formula is C38H29NO2. The number of allylic oxidation sites excluding steroid dienone is 1. The fraction of sp³-hybridized carbons (Fsp3) is 0.105. The molecule has 0 radical (unpaired) electrons. The molecule has 0 saturated carbocycles. The van der Waals surface area contributed by atoms with Crippen LogP contribution in [0, 0.1) is 6.92 Å². The van der Waals surface area contributed by atoms with Gasteiger partial charge in [-0.3, -0.25) is 0 Å². The number of aryl methyl sites for hydroxylation is 2. The maximum atomic E-state index is 6.42. The lowest BCUT2D eigenvalue weighted by atomic mass is 9.97. The summed E-state index contributed by atoms with van der Waals surface area (Å²) in [5.74, 6) is 0. The normalized spacial score (nSPS) is 12.3. The van der Waals surface area contributed by atoms with Crippen molar-refractivity contribution in [1.29, 1.82) is 0 Å². The minimum absolute atomic E-state index is 0.890. The molecule has 0 aliphatic carbocycles. The third kappa shape index (κ3) is 3.45. The summed E-state index contributed by atoms with van der Waals surface area (Å²) in [6.07, 6.45) is 5.33. The monoisotopic (exact) mass is 531 g/mol. The zero-order valence-corrected chi connectivity index (χ0v) is 23.4. The van der Waals surface area contributed by atoms with Gasteiger partial charge >= 0.3 is 0 Å². The van der Waals surface area contributed by atoms with E-state index in [4.69, 9.17) is 8.83 Å². The van der Waals surface area contributed by atoms with Crippen LogP contribution >= 0.6 is 0 Å². The summed E-state index contributed by atoms with van der Waals surface area (Å²) in [5, 5.41) is 5.87. The van der Waals surface area contributed by atoms with Crippen molar-refractivity contribution in [3.05, 3.63) is 120 Å². The first-order valence-corrected chi connectivity index (χ1v) is 14.3. The highest BCUT2D eigenvalue weighted by Gasteiger charge is 2.19. The molecule has 0 atom stereocenters. The zero-order valence-electron chi connectivity index (χ0n) is 23.4. The molecule has 41 heavy (non-hydrogen) atoms. The molecule has 0 spiro atoms. The van der Waals surface area contributed by atoms with Gasteiger partial charge in [0.2, 0.25) is 0 Å². The highest BCUT2D eigenvalue weighted by atomic mass is 16.3. The van der Waals surface area contributed by atoms with Gasteiger partial charge in [-0.15, -0.1) is 0 Å². The quantitative estimate of drug-likeness (QED) is 0.226. The summed E-state index contributed by atoms with van der Waals surface area (Å²) in [4.78, 5) is 0. The van der Waals surface area contributed by atoms with E-state index >= 15 is 0 Å². The molecule has 0 fully saturated rings. The van der Waals surface area contributed by atoms with E-state index in [0.717, 1.165) is 61.7 Å². The number of hydrogen-bond donors (Lipinski definition) is 0. The summed E-state index contributed by atoms with van der Waals surface area (Å²) in [7, 11) is 0. The molecule has 5 aromatic carbocycles. The Morgan fingerprint density at radius 3 is 2.22 bits per heavy atom. The standard InChI is InChI=1S/C38H29NO2/c1-4-10-31-26(5-2)28-12-6-7-14-32(28)39(31)25-18-20-34-30(22-25)38-27(13-9-16-36(38)41-34)24-17-19-33-29(21-24)37-23(3)11-8-15-35(37)40-33/h4,6-22H,5H2,1-3H3/b10-4-. The van der Waals surface area contributed by atoms with E-state index < -0.39 is 0 Å². The van der Waals surface area contributed by atoms with Gasteiger partial charge < -0.3 is 13.4 Å². The molecule has 0 N–H and O–H groups in total. The highest BCUT2D eigenvalue weighted by Crippen LogP contribution is 2.41. The maximum Gasteiger partial charge on any atom is 0.136 e. The molecule has 3 heterocycles. The van der Waals surface area contributed by atoms with E-state index in [2.05, 4.69) is 128 Å². The Morgan fingerprint density at radius 1 is 0.683 bits per heavy atom. The van der Waals surface area contributed by atoms with Crippen molar-refractivity contribution >= 4 is 60.9 Å². The average molecular weight is 532 g/mol. The number of rotatable bonds is 4. The molecule has 0 bridgehead atoms. The van der Waals surface area contributed by atoms with E-state index in [0.29, 0.717) is 0 Å². The lowest BCUT2D eigenvalue weighted by molar-refractivity contribution is 0.668. The van der Waals surface area contributed by atoms with E-state index in [1.165, 1.54) is 33.1 Å². The van der Waals surface area contributed by atoms with Crippen molar-refractivity contribution in [3.8, 4) is 16.8 Å². The van der Waals surface area contributed by atoms with Gasteiger partial charge in [0.05, 0.1) is 5.52 Å². The van der Waals surface area contributed by atoms with Gasteiger partial charge in [-0.05, 0) is 97.1 Å². The van der Waals surface area contributed by atoms with Crippen molar-refractivity contribution in [2.24, 2.45) is 0 Å². The number of nitrogens with zero attached hydrogens (tertiary/aromatic N) is 1. The summed E-state index contributed by atoms with van der Waals surface area (Å²) < 4.78 is 15.0. The largest absolute Gasteiger partial charge is 0.456 e. The van der Waals surface area contributed by atoms with E-state index in [1.54, 1.807) is 0 Å². The van der Waals surface area contributed by atoms with Gasteiger partial charge in [0, 0.05) is 38.3 Å². The van der Waals surface area contributed by atoms with Gasteiger partial charge in [0.25, 0.3) is 0 Å². The van der Waals surface area contributed by atoms with Crippen molar-refractivity contribution in [2.75, 3.05) is 0 Å². The molecule has 0 aliphatic rings. The molecule has 198 valence electrons. The Morgan fingerprint density at radius 2 is 1.41 bits per heavy atom. The topological polar surface area (TPSA) is 31.2 Å². The van der Waals surface area contributed by atoms with Crippen LogP contribution in [0.3, 0.4) is 0 Å². The first kappa shape index (κ1) is 23.8. The molecule has 3 nitrogen and oxygen atoms in total. The Hall–Kier alpha value is -5.02. The molecule has 0 saturated heterocycles. The fourth-order valence-corrected chi connectivity index (χ4v) is 6.68. The fourth-order valence-electron chi connectivity index (χ4n) is 6.68. The maximum absolute atomic E-state index is 6.42.